The molecule has 3 nitrogen and oxygen atoms in total. The second kappa shape index (κ2) is 6.03. The topological polar surface area (TPSA) is 47.6 Å². The molecule has 0 aromatic heterocycles. The van der Waals surface area contributed by atoms with Crippen LogP contribution in [-0.2, 0) is 11.2 Å². The van der Waals surface area contributed by atoms with Gasteiger partial charge in [-0.25, -0.2) is 0 Å². The standard InChI is InChI=1S/C13H17ClN2O/c14-12-6-2-1-4-10(12)8-13-16-9-11(17-13)5-3-7-15/h1-2,4,6,11H,3,5,7-9,15H2. The van der Waals surface area contributed by atoms with Gasteiger partial charge in [0.15, 0.2) is 5.90 Å². The van der Waals surface area contributed by atoms with E-state index in [1.54, 1.807) is 0 Å². The predicted octanol–water partition coefficient (Wildman–Crippen LogP) is 2.42. The van der Waals surface area contributed by atoms with E-state index in [0.29, 0.717) is 13.0 Å². The second-order valence-electron chi connectivity index (χ2n) is 4.17. The summed E-state index contributed by atoms with van der Waals surface area (Å²) in [5.41, 5.74) is 6.54. The summed E-state index contributed by atoms with van der Waals surface area (Å²) in [6.45, 7) is 1.46. The summed E-state index contributed by atoms with van der Waals surface area (Å²) >= 11 is 6.10. The molecule has 0 aliphatic carbocycles. The zero-order valence-electron chi connectivity index (χ0n) is 9.73. The van der Waals surface area contributed by atoms with E-state index in [9.17, 15) is 0 Å². The monoisotopic (exact) mass is 252 g/mol. The number of nitrogens with two attached hydrogens (primary N) is 1. The number of hydrogen-bond donors (Lipinski definition) is 1. The van der Waals surface area contributed by atoms with E-state index < -0.39 is 0 Å². The van der Waals surface area contributed by atoms with Gasteiger partial charge in [0, 0.05) is 11.4 Å². The molecule has 1 aromatic rings. The Hall–Kier alpha value is -1.06. The quantitative estimate of drug-likeness (QED) is 0.875. The first-order valence-electron chi connectivity index (χ1n) is 5.93. The first kappa shape index (κ1) is 12.4. The molecule has 4 heteroatoms. The van der Waals surface area contributed by atoms with Gasteiger partial charge < -0.3 is 10.5 Å². The van der Waals surface area contributed by atoms with Crippen LogP contribution in [0, 0.1) is 0 Å². The lowest BCUT2D eigenvalue weighted by Crippen LogP contribution is -2.16. The van der Waals surface area contributed by atoms with Gasteiger partial charge in [0.05, 0.1) is 6.54 Å². The second-order valence-corrected chi connectivity index (χ2v) is 4.58. The highest BCUT2D eigenvalue weighted by Gasteiger charge is 2.19. The Morgan fingerprint density at radius 1 is 1.41 bits per heavy atom. The highest BCUT2D eigenvalue weighted by Crippen LogP contribution is 2.19. The Kier molecular flexibility index (Phi) is 4.40. The Balaban J connectivity index is 1.87. The summed E-state index contributed by atoms with van der Waals surface area (Å²) in [4.78, 5) is 4.40. The van der Waals surface area contributed by atoms with E-state index in [4.69, 9.17) is 22.1 Å². The van der Waals surface area contributed by atoms with Crippen molar-refractivity contribution in [1.29, 1.82) is 0 Å². The van der Waals surface area contributed by atoms with Gasteiger partial charge in [-0.2, -0.15) is 0 Å². The lowest BCUT2D eigenvalue weighted by atomic mass is 10.1. The highest BCUT2D eigenvalue weighted by molar-refractivity contribution is 6.31. The third-order valence-corrected chi connectivity index (χ3v) is 3.17. The van der Waals surface area contributed by atoms with Crippen molar-refractivity contribution < 1.29 is 4.74 Å². The maximum atomic E-state index is 6.10. The molecule has 2 N–H and O–H groups in total. The van der Waals surface area contributed by atoms with Crippen LogP contribution in [0.2, 0.25) is 5.02 Å². The SMILES string of the molecule is NCCCC1CN=C(Cc2ccccc2Cl)O1. The van der Waals surface area contributed by atoms with Crippen LogP contribution in [-0.4, -0.2) is 25.1 Å². The Bertz CT molecular complexity index is 406. The third-order valence-electron chi connectivity index (χ3n) is 2.80. The molecule has 2 rings (SSSR count). The highest BCUT2D eigenvalue weighted by atomic mass is 35.5. The summed E-state index contributed by atoms with van der Waals surface area (Å²) in [5.74, 6) is 0.792. The van der Waals surface area contributed by atoms with Crippen molar-refractivity contribution in [3.05, 3.63) is 34.9 Å². The van der Waals surface area contributed by atoms with Crippen molar-refractivity contribution >= 4 is 17.5 Å². The van der Waals surface area contributed by atoms with Gasteiger partial charge in [0.2, 0.25) is 0 Å². The van der Waals surface area contributed by atoms with Gasteiger partial charge >= 0.3 is 0 Å². The van der Waals surface area contributed by atoms with Crippen LogP contribution in [0.15, 0.2) is 29.3 Å². The maximum absolute atomic E-state index is 6.10. The number of hydrogen-bond acceptors (Lipinski definition) is 3. The fourth-order valence-electron chi connectivity index (χ4n) is 1.87. The Morgan fingerprint density at radius 2 is 2.24 bits per heavy atom. The fraction of sp³-hybridized carbons (Fsp3) is 0.462. The van der Waals surface area contributed by atoms with Crippen molar-refractivity contribution in [3.63, 3.8) is 0 Å². The summed E-state index contributed by atoms with van der Waals surface area (Å²) in [6.07, 6.45) is 2.85. The number of benzene rings is 1. The minimum Gasteiger partial charge on any atom is -0.475 e. The van der Waals surface area contributed by atoms with Crippen LogP contribution in [0.25, 0.3) is 0 Å². The van der Waals surface area contributed by atoms with Crippen LogP contribution in [0.1, 0.15) is 18.4 Å². The van der Waals surface area contributed by atoms with Crippen molar-refractivity contribution in [2.75, 3.05) is 13.1 Å². The minimum atomic E-state index is 0.205. The van der Waals surface area contributed by atoms with E-state index >= 15 is 0 Å². The fourth-order valence-corrected chi connectivity index (χ4v) is 2.07. The van der Waals surface area contributed by atoms with E-state index in [0.717, 1.165) is 35.9 Å². The van der Waals surface area contributed by atoms with Crippen molar-refractivity contribution in [2.45, 2.75) is 25.4 Å². The predicted molar refractivity (Wildman–Crippen MR) is 70.6 cm³/mol. The van der Waals surface area contributed by atoms with Gasteiger partial charge in [0.25, 0.3) is 0 Å². The first-order valence-corrected chi connectivity index (χ1v) is 6.31. The molecule has 0 bridgehead atoms. The number of ether oxygens (including phenoxy) is 1. The molecule has 0 saturated carbocycles. The summed E-state index contributed by atoms with van der Waals surface area (Å²) < 4.78 is 5.76. The molecular formula is C13H17ClN2O. The maximum Gasteiger partial charge on any atom is 0.188 e. The zero-order chi connectivity index (χ0) is 12.1. The first-order chi connectivity index (χ1) is 8.29. The number of aliphatic imine (C=N–C) groups is 1. The molecule has 0 spiro atoms. The summed E-state index contributed by atoms with van der Waals surface area (Å²) in [6, 6.07) is 7.79. The van der Waals surface area contributed by atoms with Crippen molar-refractivity contribution in [1.82, 2.24) is 0 Å². The van der Waals surface area contributed by atoms with Gasteiger partial charge in [-0.05, 0) is 31.0 Å². The number of halogens is 1. The summed E-state index contributed by atoms with van der Waals surface area (Å²) in [5, 5.41) is 0.768. The van der Waals surface area contributed by atoms with Crippen molar-refractivity contribution in [3.8, 4) is 0 Å². The van der Waals surface area contributed by atoms with Gasteiger partial charge in [-0.1, -0.05) is 29.8 Å². The van der Waals surface area contributed by atoms with Gasteiger partial charge in [0.1, 0.15) is 6.10 Å². The third kappa shape index (κ3) is 3.45. The zero-order valence-corrected chi connectivity index (χ0v) is 10.5. The average Bonchev–Trinajstić information content (AvgIpc) is 2.77. The van der Waals surface area contributed by atoms with Gasteiger partial charge in [-0.3, -0.25) is 4.99 Å². The van der Waals surface area contributed by atoms with Crippen LogP contribution >= 0.6 is 11.6 Å². The molecule has 1 aliphatic heterocycles. The van der Waals surface area contributed by atoms with Crippen LogP contribution < -0.4 is 5.73 Å². The van der Waals surface area contributed by atoms with Crippen LogP contribution in [0.5, 0.6) is 0 Å². The van der Waals surface area contributed by atoms with E-state index in [2.05, 4.69) is 4.99 Å². The molecule has 0 radical (unpaired) electrons. The molecule has 17 heavy (non-hydrogen) atoms. The lowest BCUT2D eigenvalue weighted by Gasteiger charge is -2.10. The van der Waals surface area contributed by atoms with E-state index in [1.165, 1.54) is 0 Å². The molecule has 0 fully saturated rings. The van der Waals surface area contributed by atoms with Crippen LogP contribution in [0.3, 0.4) is 0 Å². The van der Waals surface area contributed by atoms with E-state index in [1.807, 2.05) is 24.3 Å². The molecule has 1 aliphatic rings. The molecule has 1 atom stereocenters. The minimum absolute atomic E-state index is 0.205. The number of rotatable bonds is 5. The van der Waals surface area contributed by atoms with Crippen LogP contribution in [0.4, 0.5) is 0 Å². The number of nitrogens with zero attached hydrogens (tertiary/aromatic N) is 1. The molecule has 1 heterocycles. The molecule has 1 unspecified atom stereocenters. The van der Waals surface area contributed by atoms with Gasteiger partial charge in [-0.15, -0.1) is 0 Å². The lowest BCUT2D eigenvalue weighted by molar-refractivity contribution is 0.207. The largest absolute Gasteiger partial charge is 0.475 e. The normalized spacial score (nSPS) is 18.9. The Morgan fingerprint density at radius 3 is 3.00 bits per heavy atom. The molecule has 0 amide bonds. The smallest absolute Gasteiger partial charge is 0.188 e. The average molecular weight is 253 g/mol. The van der Waals surface area contributed by atoms with E-state index in [-0.39, 0.29) is 6.10 Å². The molecule has 92 valence electrons. The molecule has 1 aromatic carbocycles. The summed E-state index contributed by atoms with van der Waals surface area (Å²) in [7, 11) is 0. The van der Waals surface area contributed by atoms with Crippen molar-refractivity contribution in [2.24, 2.45) is 10.7 Å². The Labute approximate surface area is 107 Å². The molecule has 0 saturated heterocycles. The molecular weight excluding hydrogens is 236 g/mol.